The third kappa shape index (κ3) is 4.52. The number of nitrogens with one attached hydrogen (secondary N) is 1. The van der Waals surface area contributed by atoms with Gasteiger partial charge in [-0.2, -0.15) is 0 Å². The van der Waals surface area contributed by atoms with Crippen LogP contribution in [0, 0.1) is 6.92 Å². The van der Waals surface area contributed by atoms with E-state index in [0.717, 1.165) is 33.1 Å². The summed E-state index contributed by atoms with van der Waals surface area (Å²) in [5.74, 6) is 0.907. The summed E-state index contributed by atoms with van der Waals surface area (Å²) >= 11 is 1.68. The highest BCUT2D eigenvalue weighted by Crippen LogP contribution is 2.31. The largest absolute Gasteiger partial charge is 0.483 e. The van der Waals surface area contributed by atoms with E-state index in [-0.39, 0.29) is 12.5 Å². The van der Waals surface area contributed by atoms with E-state index >= 15 is 0 Å². The molecule has 1 amide bonds. The fourth-order valence-corrected chi connectivity index (χ4v) is 4.35. The molecule has 4 aromatic rings. The Morgan fingerprint density at radius 2 is 1.83 bits per heavy atom. The summed E-state index contributed by atoms with van der Waals surface area (Å²) in [6.45, 7) is 6.27. The summed E-state index contributed by atoms with van der Waals surface area (Å²) in [7, 11) is 0. The van der Waals surface area contributed by atoms with Gasteiger partial charge in [-0.3, -0.25) is 4.79 Å². The van der Waals surface area contributed by atoms with Gasteiger partial charge in [0.05, 0.1) is 10.2 Å². The second-order valence-corrected chi connectivity index (χ2v) is 8.63. The van der Waals surface area contributed by atoms with Crippen molar-refractivity contribution in [2.45, 2.75) is 26.7 Å². The van der Waals surface area contributed by atoms with Crippen molar-refractivity contribution in [1.29, 1.82) is 0 Å². The number of aromatic nitrogens is 1. The molecule has 0 bridgehead atoms. The van der Waals surface area contributed by atoms with Crippen LogP contribution in [0.25, 0.3) is 20.8 Å². The third-order valence-corrected chi connectivity index (χ3v) is 5.93. The quantitative estimate of drug-likeness (QED) is 0.395. The zero-order valence-electron chi connectivity index (χ0n) is 17.3. The Morgan fingerprint density at radius 3 is 2.60 bits per heavy atom. The fourth-order valence-electron chi connectivity index (χ4n) is 3.28. The highest BCUT2D eigenvalue weighted by Gasteiger charge is 2.10. The number of rotatable bonds is 6. The summed E-state index contributed by atoms with van der Waals surface area (Å²) in [5.41, 5.74) is 5.11. The molecule has 1 aromatic heterocycles. The predicted molar refractivity (Wildman–Crippen MR) is 124 cm³/mol. The monoisotopic (exact) mass is 416 g/mol. The van der Waals surface area contributed by atoms with E-state index in [2.05, 4.69) is 44.3 Å². The Kier molecular flexibility index (Phi) is 5.81. The number of benzene rings is 3. The molecular weight excluding hydrogens is 392 g/mol. The molecule has 0 unspecified atom stereocenters. The van der Waals surface area contributed by atoms with Crippen LogP contribution in [0.15, 0.2) is 66.7 Å². The SMILES string of the molecule is Cc1ccc2nc(-c3ccc(NC(=O)COc4ccccc4C(C)C)cc3)sc2c1. The first-order chi connectivity index (χ1) is 14.5. The zero-order valence-corrected chi connectivity index (χ0v) is 18.1. The predicted octanol–water partition coefficient (Wildman–Crippen LogP) is 6.41. The molecule has 1 N–H and O–H groups in total. The van der Waals surface area contributed by atoms with Crippen LogP contribution in [-0.2, 0) is 4.79 Å². The molecule has 0 spiro atoms. The molecule has 5 heteroatoms. The molecule has 0 aliphatic carbocycles. The van der Waals surface area contributed by atoms with Gasteiger partial charge in [-0.25, -0.2) is 4.98 Å². The van der Waals surface area contributed by atoms with Crippen molar-refractivity contribution in [3.8, 4) is 16.3 Å². The first kappa shape index (κ1) is 20.1. The van der Waals surface area contributed by atoms with Crippen LogP contribution < -0.4 is 10.1 Å². The van der Waals surface area contributed by atoms with Crippen LogP contribution in [0.2, 0.25) is 0 Å². The van der Waals surface area contributed by atoms with Gasteiger partial charge in [0.15, 0.2) is 6.61 Å². The molecule has 0 atom stereocenters. The van der Waals surface area contributed by atoms with E-state index in [1.165, 1.54) is 10.3 Å². The number of anilines is 1. The van der Waals surface area contributed by atoms with Crippen LogP contribution in [-0.4, -0.2) is 17.5 Å². The number of fused-ring (bicyclic) bond motifs is 1. The number of thiazole rings is 1. The van der Waals surface area contributed by atoms with Crippen LogP contribution >= 0.6 is 11.3 Å². The number of hydrogen-bond donors (Lipinski definition) is 1. The molecule has 0 fully saturated rings. The van der Waals surface area contributed by atoms with Crippen molar-refractivity contribution in [3.63, 3.8) is 0 Å². The van der Waals surface area contributed by atoms with Gasteiger partial charge in [0, 0.05) is 11.3 Å². The van der Waals surface area contributed by atoms with Gasteiger partial charge in [-0.1, -0.05) is 38.1 Å². The maximum Gasteiger partial charge on any atom is 0.262 e. The highest BCUT2D eigenvalue weighted by atomic mass is 32.1. The second kappa shape index (κ2) is 8.67. The topological polar surface area (TPSA) is 51.2 Å². The molecule has 1 heterocycles. The van der Waals surface area contributed by atoms with Crippen molar-refractivity contribution in [3.05, 3.63) is 77.9 Å². The van der Waals surface area contributed by atoms with E-state index in [4.69, 9.17) is 9.72 Å². The lowest BCUT2D eigenvalue weighted by Gasteiger charge is -2.13. The Balaban J connectivity index is 1.40. The molecule has 152 valence electrons. The van der Waals surface area contributed by atoms with Crippen molar-refractivity contribution >= 4 is 33.1 Å². The van der Waals surface area contributed by atoms with Crippen molar-refractivity contribution in [2.24, 2.45) is 0 Å². The average molecular weight is 417 g/mol. The first-order valence-electron chi connectivity index (χ1n) is 9.99. The standard InChI is InChI=1S/C25H24N2O2S/c1-16(2)20-6-4-5-7-22(20)29-15-24(28)26-19-11-9-18(10-12-19)25-27-21-13-8-17(3)14-23(21)30-25/h4-14,16H,15H2,1-3H3,(H,26,28). The maximum absolute atomic E-state index is 12.3. The number of carbonyl (C=O) groups is 1. The molecule has 3 aromatic carbocycles. The Bertz CT molecular complexity index is 1180. The van der Waals surface area contributed by atoms with E-state index in [9.17, 15) is 4.79 Å². The van der Waals surface area contributed by atoms with E-state index in [1.54, 1.807) is 11.3 Å². The number of ether oxygens (including phenoxy) is 1. The maximum atomic E-state index is 12.3. The molecule has 4 rings (SSSR count). The van der Waals surface area contributed by atoms with Crippen LogP contribution in [0.3, 0.4) is 0 Å². The molecule has 30 heavy (non-hydrogen) atoms. The summed E-state index contributed by atoms with van der Waals surface area (Å²) in [6, 6.07) is 21.9. The number of nitrogens with zero attached hydrogens (tertiary/aromatic N) is 1. The van der Waals surface area contributed by atoms with Gasteiger partial charge in [-0.15, -0.1) is 11.3 Å². The molecule has 0 radical (unpaired) electrons. The van der Waals surface area contributed by atoms with E-state index in [1.807, 2.05) is 48.5 Å². The molecule has 0 saturated heterocycles. The molecule has 4 nitrogen and oxygen atoms in total. The van der Waals surface area contributed by atoms with Crippen molar-refractivity contribution in [2.75, 3.05) is 11.9 Å². The van der Waals surface area contributed by atoms with E-state index < -0.39 is 0 Å². The minimum Gasteiger partial charge on any atom is -0.483 e. The minimum atomic E-state index is -0.184. The van der Waals surface area contributed by atoms with Crippen LogP contribution in [0.4, 0.5) is 5.69 Å². The Labute approximate surface area is 180 Å². The van der Waals surface area contributed by atoms with Gasteiger partial charge in [-0.05, 0) is 66.4 Å². The third-order valence-electron chi connectivity index (χ3n) is 4.86. The normalized spacial score (nSPS) is 11.1. The Morgan fingerprint density at radius 1 is 1.07 bits per heavy atom. The molecule has 0 aliphatic heterocycles. The zero-order chi connectivity index (χ0) is 21.1. The first-order valence-corrected chi connectivity index (χ1v) is 10.8. The average Bonchev–Trinajstić information content (AvgIpc) is 3.16. The van der Waals surface area contributed by atoms with Gasteiger partial charge in [0.25, 0.3) is 5.91 Å². The summed E-state index contributed by atoms with van der Waals surface area (Å²) in [6.07, 6.45) is 0. The van der Waals surface area contributed by atoms with Crippen LogP contribution in [0.1, 0.15) is 30.9 Å². The lowest BCUT2D eigenvalue weighted by Crippen LogP contribution is -2.20. The lowest BCUT2D eigenvalue weighted by atomic mass is 10.0. The molecule has 0 saturated carbocycles. The summed E-state index contributed by atoms with van der Waals surface area (Å²) in [4.78, 5) is 17.0. The van der Waals surface area contributed by atoms with Gasteiger partial charge in [0.2, 0.25) is 0 Å². The van der Waals surface area contributed by atoms with Crippen molar-refractivity contribution in [1.82, 2.24) is 4.98 Å². The van der Waals surface area contributed by atoms with Gasteiger partial charge >= 0.3 is 0 Å². The molecular formula is C25H24N2O2S. The van der Waals surface area contributed by atoms with Gasteiger partial charge in [0.1, 0.15) is 10.8 Å². The Hall–Kier alpha value is -3.18. The second-order valence-electron chi connectivity index (χ2n) is 7.60. The lowest BCUT2D eigenvalue weighted by molar-refractivity contribution is -0.118. The van der Waals surface area contributed by atoms with Crippen molar-refractivity contribution < 1.29 is 9.53 Å². The van der Waals surface area contributed by atoms with Crippen LogP contribution in [0.5, 0.6) is 5.75 Å². The summed E-state index contributed by atoms with van der Waals surface area (Å²) in [5, 5.41) is 3.87. The smallest absolute Gasteiger partial charge is 0.262 e. The minimum absolute atomic E-state index is 0.0251. The number of aryl methyl sites for hydroxylation is 1. The molecule has 0 aliphatic rings. The highest BCUT2D eigenvalue weighted by molar-refractivity contribution is 7.21. The summed E-state index contributed by atoms with van der Waals surface area (Å²) < 4.78 is 6.93. The number of para-hydroxylation sites is 1. The number of hydrogen-bond acceptors (Lipinski definition) is 4. The number of carbonyl (C=O) groups excluding carboxylic acids is 1. The van der Waals surface area contributed by atoms with E-state index in [0.29, 0.717) is 5.92 Å². The van der Waals surface area contributed by atoms with Gasteiger partial charge < -0.3 is 10.1 Å². The fraction of sp³-hybridized carbons (Fsp3) is 0.200. The number of amides is 1.